The SMILES string of the molecule is CN1CCCN(C(=O)Nc2cnn(-c3ccncc3)c2C(F)F)CC1=O. The fraction of sp³-hybridized carbons (Fsp3) is 0.375. The largest absolute Gasteiger partial charge is 0.344 e. The van der Waals surface area contributed by atoms with Gasteiger partial charge in [-0.3, -0.25) is 9.78 Å². The predicted molar refractivity (Wildman–Crippen MR) is 89.2 cm³/mol. The topological polar surface area (TPSA) is 83.4 Å². The number of halogens is 2. The Labute approximate surface area is 148 Å². The van der Waals surface area contributed by atoms with Crippen molar-refractivity contribution in [1.82, 2.24) is 24.6 Å². The molecule has 2 aromatic heterocycles. The molecule has 8 nitrogen and oxygen atoms in total. The zero-order chi connectivity index (χ0) is 18.7. The van der Waals surface area contributed by atoms with Gasteiger partial charge in [-0.15, -0.1) is 0 Å². The van der Waals surface area contributed by atoms with Crippen molar-refractivity contribution >= 4 is 17.6 Å². The van der Waals surface area contributed by atoms with E-state index in [2.05, 4.69) is 15.4 Å². The Bertz CT molecular complexity index is 795. The third-order valence-corrected chi connectivity index (χ3v) is 4.12. The van der Waals surface area contributed by atoms with Gasteiger partial charge in [0.15, 0.2) is 0 Å². The van der Waals surface area contributed by atoms with Crippen LogP contribution in [0.4, 0.5) is 19.3 Å². The number of hydrogen-bond acceptors (Lipinski definition) is 4. The summed E-state index contributed by atoms with van der Waals surface area (Å²) in [6.45, 7) is 0.820. The minimum atomic E-state index is -2.85. The predicted octanol–water partition coefficient (Wildman–Crippen LogP) is 1.90. The Morgan fingerprint density at radius 1 is 1.27 bits per heavy atom. The summed E-state index contributed by atoms with van der Waals surface area (Å²) in [5.41, 5.74) is -0.114. The molecule has 0 atom stereocenters. The number of rotatable bonds is 3. The second-order valence-electron chi connectivity index (χ2n) is 5.88. The van der Waals surface area contributed by atoms with Gasteiger partial charge in [0.1, 0.15) is 12.2 Å². The molecular formula is C16H18F2N6O2. The monoisotopic (exact) mass is 364 g/mol. The normalized spacial score (nSPS) is 15.3. The van der Waals surface area contributed by atoms with Crippen LogP contribution in [0.25, 0.3) is 5.69 Å². The number of nitrogens with zero attached hydrogens (tertiary/aromatic N) is 5. The van der Waals surface area contributed by atoms with Crippen molar-refractivity contribution in [3.63, 3.8) is 0 Å². The molecule has 1 aliphatic heterocycles. The van der Waals surface area contributed by atoms with Crippen molar-refractivity contribution in [2.24, 2.45) is 0 Å². The third-order valence-electron chi connectivity index (χ3n) is 4.12. The van der Waals surface area contributed by atoms with E-state index in [1.165, 1.54) is 35.6 Å². The average molecular weight is 364 g/mol. The molecule has 0 radical (unpaired) electrons. The van der Waals surface area contributed by atoms with E-state index in [1.54, 1.807) is 11.9 Å². The first-order valence-electron chi connectivity index (χ1n) is 8.03. The molecule has 0 bridgehead atoms. The highest BCUT2D eigenvalue weighted by Gasteiger charge is 2.26. The van der Waals surface area contributed by atoms with Crippen LogP contribution in [0.15, 0.2) is 30.7 Å². The lowest BCUT2D eigenvalue weighted by atomic mass is 10.3. The molecule has 0 saturated carbocycles. The van der Waals surface area contributed by atoms with Crippen LogP contribution in [0.5, 0.6) is 0 Å². The molecule has 0 unspecified atom stereocenters. The molecule has 1 saturated heterocycles. The highest BCUT2D eigenvalue weighted by atomic mass is 19.3. The van der Waals surface area contributed by atoms with Crippen molar-refractivity contribution in [3.8, 4) is 5.69 Å². The van der Waals surface area contributed by atoms with E-state index in [0.29, 0.717) is 25.2 Å². The average Bonchev–Trinajstić information content (AvgIpc) is 2.97. The fourth-order valence-corrected chi connectivity index (χ4v) is 2.71. The Morgan fingerprint density at radius 3 is 2.69 bits per heavy atom. The zero-order valence-corrected chi connectivity index (χ0v) is 14.1. The van der Waals surface area contributed by atoms with Crippen LogP contribution in [-0.4, -0.2) is 63.2 Å². The molecule has 10 heteroatoms. The van der Waals surface area contributed by atoms with Crippen LogP contribution in [0.3, 0.4) is 0 Å². The van der Waals surface area contributed by atoms with E-state index >= 15 is 0 Å². The lowest BCUT2D eigenvalue weighted by Crippen LogP contribution is -2.40. The number of likely N-dealkylation sites (N-methyl/N-ethyl adjacent to an activating group) is 1. The van der Waals surface area contributed by atoms with E-state index in [1.807, 2.05) is 0 Å². The summed E-state index contributed by atoms with van der Waals surface area (Å²) in [5.74, 6) is -0.195. The first-order valence-corrected chi connectivity index (χ1v) is 8.03. The maximum atomic E-state index is 13.6. The number of anilines is 1. The van der Waals surface area contributed by atoms with Gasteiger partial charge in [-0.1, -0.05) is 0 Å². The summed E-state index contributed by atoms with van der Waals surface area (Å²) < 4.78 is 28.2. The van der Waals surface area contributed by atoms with Crippen LogP contribution in [-0.2, 0) is 4.79 Å². The van der Waals surface area contributed by atoms with E-state index in [-0.39, 0.29) is 18.1 Å². The molecule has 3 rings (SSSR count). The maximum absolute atomic E-state index is 13.6. The molecule has 1 N–H and O–H groups in total. The number of aromatic nitrogens is 3. The second-order valence-corrected chi connectivity index (χ2v) is 5.88. The highest BCUT2D eigenvalue weighted by molar-refractivity contribution is 5.93. The van der Waals surface area contributed by atoms with Crippen molar-refractivity contribution in [3.05, 3.63) is 36.4 Å². The van der Waals surface area contributed by atoms with E-state index in [4.69, 9.17) is 0 Å². The van der Waals surface area contributed by atoms with E-state index < -0.39 is 18.2 Å². The number of pyridine rings is 1. The van der Waals surface area contributed by atoms with Gasteiger partial charge in [0, 0.05) is 32.5 Å². The minimum Gasteiger partial charge on any atom is -0.344 e. The number of carbonyl (C=O) groups is 2. The van der Waals surface area contributed by atoms with Gasteiger partial charge in [-0.05, 0) is 18.6 Å². The summed E-state index contributed by atoms with van der Waals surface area (Å²) in [4.78, 5) is 31.0. The number of nitrogens with one attached hydrogen (secondary N) is 1. The summed E-state index contributed by atoms with van der Waals surface area (Å²) >= 11 is 0. The number of urea groups is 1. The summed E-state index contributed by atoms with van der Waals surface area (Å²) in [6.07, 6.45) is 1.87. The zero-order valence-electron chi connectivity index (χ0n) is 14.1. The van der Waals surface area contributed by atoms with Crippen molar-refractivity contribution in [1.29, 1.82) is 0 Å². The number of hydrogen-bond donors (Lipinski definition) is 1. The van der Waals surface area contributed by atoms with Gasteiger partial charge in [0.25, 0.3) is 6.43 Å². The van der Waals surface area contributed by atoms with Crippen LogP contribution in [0.2, 0.25) is 0 Å². The van der Waals surface area contributed by atoms with Crippen LogP contribution in [0, 0.1) is 0 Å². The van der Waals surface area contributed by atoms with Crippen molar-refractivity contribution in [2.75, 3.05) is 32.0 Å². The first kappa shape index (κ1) is 17.8. The molecule has 3 heterocycles. The molecule has 0 spiro atoms. The number of alkyl halides is 2. The molecule has 0 aliphatic carbocycles. The van der Waals surface area contributed by atoms with Gasteiger partial charge in [-0.2, -0.15) is 5.10 Å². The Hall–Kier alpha value is -3.04. The molecule has 138 valence electrons. The number of amides is 3. The van der Waals surface area contributed by atoms with Crippen molar-refractivity contribution < 1.29 is 18.4 Å². The van der Waals surface area contributed by atoms with Crippen molar-refractivity contribution in [2.45, 2.75) is 12.8 Å². The molecular weight excluding hydrogens is 346 g/mol. The smallest absolute Gasteiger partial charge is 0.322 e. The third kappa shape index (κ3) is 3.63. The van der Waals surface area contributed by atoms with Crippen LogP contribution < -0.4 is 5.32 Å². The second kappa shape index (κ2) is 7.46. The van der Waals surface area contributed by atoms with E-state index in [9.17, 15) is 18.4 Å². The quantitative estimate of drug-likeness (QED) is 0.902. The summed E-state index contributed by atoms with van der Waals surface area (Å²) in [7, 11) is 1.66. The van der Waals surface area contributed by atoms with Crippen LogP contribution >= 0.6 is 0 Å². The molecule has 26 heavy (non-hydrogen) atoms. The van der Waals surface area contributed by atoms with Gasteiger partial charge in [0.05, 0.1) is 17.6 Å². The Morgan fingerprint density at radius 2 is 2.00 bits per heavy atom. The lowest BCUT2D eigenvalue weighted by Gasteiger charge is -2.20. The molecule has 2 aromatic rings. The summed E-state index contributed by atoms with van der Waals surface area (Å²) in [6, 6.07) is 2.46. The van der Waals surface area contributed by atoms with Gasteiger partial charge < -0.3 is 15.1 Å². The standard InChI is InChI=1S/C16H18F2N6O2/c1-22-7-2-8-23(10-13(22)25)16(26)21-12-9-20-24(14(12)15(17)18)11-3-5-19-6-4-11/h3-6,9,15H,2,7-8,10H2,1H3,(H,21,26). The van der Waals surface area contributed by atoms with Gasteiger partial charge in [0.2, 0.25) is 5.91 Å². The van der Waals surface area contributed by atoms with Gasteiger partial charge >= 0.3 is 6.03 Å². The number of carbonyl (C=O) groups excluding carboxylic acids is 2. The minimum absolute atomic E-state index is 0.0909. The Balaban J connectivity index is 1.82. The highest BCUT2D eigenvalue weighted by Crippen LogP contribution is 2.29. The maximum Gasteiger partial charge on any atom is 0.322 e. The molecule has 1 fully saturated rings. The lowest BCUT2D eigenvalue weighted by molar-refractivity contribution is -0.129. The van der Waals surface area contributed by atoms with Gasteiger partial charge in [-0.25, -0.2) is 18.3 Å². The Kier molecular flexibility index (Phi) is 5.10. The summed E-state index contributed by atoms with van der Waals surface area (Å²) in [5, 5.41) is 6.40. The molecule has 0 aromatic carbocycles. The van der Waals surface area contributed by atoms with Crippen LogP contribution in [0.1, 0.15) is 18.5 Å². The molecule has 1 aliphatic rings. The first-order chi connectivity index (χ1) is 12.5. The molecule has 3 amide bonds. The van der Waals surface area contributed by atoms with E-state index in [0.717, 1.165) is 4.68 Å². The fourth-order valence-electron chi connectivity index (χ4n) is 2.71.